The number of anilines is 1. The SMILES string of the molecule is N#Cc1ccc(NC(=O)c2cccc(S(=O)(=O)NC3CCCCC3)c2)cc1. The fourth-order valence-electron chi connectivity index (χ4n) is 3.14. The Hall–Kier alpha value is -2.69. The van der Waals surface area contributed by atoms with Crippen LogP contribution in [-0.4, -0.2) is 20.4 Å². The first kappa shape index (κ1) is 19.1. The molecule has 7 heteroatoms. The fourth-order valence-corrected chi connectivity index (χ4v) is 4.49. The zero-order valence-electron chi connectivity index (χ0n) is 14.8. The van der Waals surface area contributed by atoms with Gasteiger partial charge in [-0.05, 0) is 55.3 Å². The number of carbonyl (C=O) groups excluding carboxylic acids is 1. The number of carbonyl (C=O) groups is 1. The summed E-state index contributed by atoms with van der Waals surface area (Å²) in [4.78, 5) is 12.5. The summed E-state index contributed by atoms with van der Waals surface area (Å²) in [5.74, 6) is -0.408. The highest BCUT2D eigenvalue weighted by atomic mass is 32.2. The van der Waals surface area contributed by atoms with E-state index < -0.39 is 15.9 Å². The van der Waals surface area contributed by atoms with Gasteiger partial charge in [-0.3, -0.25) is 4.79 Å². The van der Waals surface area contributed by atoms with Gasteiger partial charge in [-0.1, -0.05) is 25.3 Å². The molecule has 0 unspecified atom stereocenters. The Balaban J connectivity index is 1.73. The second-order valence-corrected chi connectivity index (χ2v) is 8.34. The van der Waals surface area contributed by atoms with E-state index in [-0.39, 0.29) is 16.5 Å². The molecule has 1 saturated carbocycles. The van der Waals surface area contributed by atoms with Crippen LogP contribution in [-0.2, 0) is 10.0 Å². The number of hydrogen-bond acceptors (Lipinski definition) is 4. The Labute approximate surface area is 159 Å². The molecule has 2 N–H and O–H groups in total. The molecule has 0 atom stereocenters. The molecule has 0 heterocycles. The molecular weight excluding hydrogens is 362 g/mol. The van der Waals surface area contributed by atoms with Crippen molar-refractivity contribution in [3.05, 3.63) is 59.7 Å². The first-order chi connectivity index (χ1) is 13.0. The molecule has 2 aromatic rings. The summed E-state index contributed by atoms with van der Waals surface area (Å²) >= 11 is 0. The number of nitrogens with zero attached hydrogens (tertiary/aromatic N) is 1. The third-order valence-corrected chi connectivity index (χ3v) is 6.12. The van der Waals surface area contributed by atoms with Crippen molar-refractivity contribution in [2.24, 2.45) is 0 Å². The minimum Gasteiger partial charge on any atom is -0.322 e. The Kier molecular flexibility index (Phi) is 5.89. The monoisotopic (exact) mass is 383 g/mol. The molecule has 6 nitrogen and oxygen atoms in total. The van der Waals surface area contributed by atoms with Crippen LogP contribution in [0.4, 0.5) is 5.69 Å². The molecule has 0 spiro atoms. The highest BCUT2D eigenvalue weighted by Gasteiger charge is 2.22. The van der Waals surface area contributed by atoms with Crippen molar-refractivity contribution in [1.29, 1.82) is 5.26 Å². The fraction of sp³-hybridized carbons (Fsp3) is 0.300. The van der Waals surface area contributed by atoms with Gasteiger partial charge in [-0.25, -0.2) is 13.1 Å². The van der Waals surface area contributed by atoms with Crippen LogP contribution in [0.2, 0.25) is 0 Å². The largest absolute Gasteiger partial charge is 0.322 e. The van der Waals surface area contributed by atoms with Crippen LogP contribution in [0.15, 0.2) is 53.4 Å². The molecule has 3 rings (SSSR count). The van der Waals surface area contributed by atoms with Crippen molar-refractivity contribution in [3.63, 3.8) is 0 Å². The van der Waals surface area contributed by atoms with E-state index in [0.29, 0.717) is 11.3 Å². The van der Waals surface area contributed by atoms with Gasteiger partial charge in [-0.15, -0.1) is 0 Å². The lowest BCUT2D eigenvalue weighted by molar-refractivity contribution is 0.102. The summed E-state index contributed by atoms with van der Waals surface area (Å²) in [7, 11) is -3.66. The molecule has 0 bridgehead atoms. The molecule has 1 aliphatic rings. The van der Waals surface area contributed by atoms with E-state index in [1.807, 2.05) is 6.07 Å². The van der Waals surface area contributed by atoms with E-state index in [1.54, 1.807) is 36.4 Å². The number of hydrogen-bond donors (Lipinski definition) is 2. The van der Waals surface area contributed by atoms with E-state index in [9.17, 15) is 13.2 Å². The summed E-state index contributed by atoms with van der Waals surface area (Å²) in [5, 5.41) is 11.5. The van der Waals surface area contributed by atoms with E-state index in [4.69, 9.17) is 5.26 Å². The number of rotatable bonds is 5. The molecule has 27 heavy (non-hydrogen) atoms. The first-order valence-corrected chi connectivity index (χ1v) is 10.4. The predicted molar refractivity (Wildman–Crippen MR) is 103 cm³/mol. The summed E-state index contributed by atoms with van der Waals surface area (Å²) in [5.41, 5.74) is 1.29. The van der Waals surface area contributed by atoms with E-state index in [2.05, 4.69) is 10.0 Å². The van der Waals surface area contributed by atoms with Gasteiger partial charge in [0.25, 0.3) is 5.91 Å². The average molecular weight is 383 g/mol. The van der Waals surface area contributed by atoms with Gasteiger partial charge in [0.2, 0.25) is 10.0 Å². The topological polar surface area (TPSA) is 99.1 Å². The Morgan fingerprint density at radius 3 is 2.41 bits per heavy atom. The number of nitriles is 1. The molecule has 0 saturated heterocycles. The minimum absolute atomic E-state index is 0.0418. The molecule has 1 aliphatic carbocycles. The Bertz CT molecular complexity index is 957. The van der Waals surface area contributed by atoms with Crippen molar-refractivity contribution in [2.75, 3.05) is 5.32 Å². The zero-order valence-corrected chi connectivity index (χ0v) is 15.6. The number of amides is 1. The number of nitrogens with one attached hydrogen (secondary N) is 2. The molecule has 1 amide bonds. The highest BCUT2D eigenvalue weighted by molar-refractivity contribution is 7.89. The highest BCUT2D eigenvalue weighted by Crippen LogP contribution is 2.21. The lowest BCUT2D eigenvalue weighted by atomic mass is 9.96. The van der Waals surface area contributed by atoms with Crippen molar-refractivity contribution in [2.45, 2.75) is 43.0 Å². The van der Waals surface area contributed by atoms with E-state index >= 15 is 0 Å². The van der Waals surface area contributed by atoms with Gasteiger partial charge in [0.05, 0.1) is 16.5 Å². The molecule has 0 aliphatic heterocycles. The van der Waals surface area contributed by atoms with Gasteiger partial charge < -0.3 is 5.32 Å². The van der Waals surface area contributed by atoms with Gasteiger partial charge in [0, 0.05) is 17.3 Å². The molecular formula is C20H21N3O3S. The van der Waals surface area contributed by atoms with Crippen LogP contribution in [0, 0.1) is 11.3 Å². The van der Waals surface area contributed by atoms with Crippen LogP contribution < -0.4 is 10.0 Å². The van der Waals surface area contributed by atoms with E-state index in [1.165, 1.54) is 12.1 Å². The maximum Gasteiger partial charge on any atom is 0.255 e. The Morgan fingerprint density at radius 2 is 1.74 bits per heavy atom. The normalized spacial score (nSPS) is 15.1. The second-order valence-electron chi connectivity index (χ2n) is 6.63. The third-order valence-electron chi connectivity index (χ3n) is 4.61. The van der Waals surface area contributed by atoms with Gasteiger partial charge in [0.15, 0.2) is 0 Å². The van der Waals surface area contributed by atoms with Crippen LogP contribution in [0.3, 0.4) is 0 Å². The van der Waals surface area contributed by atoms with E-state index in [0.717, 1.165) is 32.1 Å². The number of sulfonamides is 1. The maximum absolute atomic E-state index is 12.6. The summed E-state index contributed by atoms with van der Waals surface area (Å²) < 4.78 is 28.0. The summed E-state index contributed by atoms with van der Waals surface area (Å²) in [6.07, 6.45) is 4.89. The van der Waals surface area contributed by atoms with Crippen LogP contribution in [0.1, 0.15) is 48.0 Å². The standard InChI is InChI=1S/C20H21N3O3S/c21-14-15-9-11-17(12-10-15)22-20(24)16-5-4-8-19(13-16)27(25,26)23-18-6-2-1-3-7-18/h4-5,8-13,18,23H,1-3,6-7H2,(H,22,24). The average Bonchev–Trinajstić information content (AvgIpc) is 2.69. The molecule has 2 aromatic carbocycles. The lowest BCUT2D eigenvalue weighted by Gasteiger charge is -2.22. The van der Waals surface area contributed by atoms with Gasteiger partial charge in [-0.2, -0.15) is 5.26 Å². The summed E-state index contributed by atoms with van der Waals surface area (Å²) in [6, 6.07) is 14.4. The van der Waals surface area contributed by atoms with Crippen molar-refractivity contribution in [1.82, 2.24) is 4.72 Å². The second kappa shape index (κ2) is 8.33. The van der Waals surface area contributed by atoms with Crippen LogP contribution >= 0.6 is 0 Å². The Morgan fingerprint density at radius 1 is 1.04 bits per heavy atom. The van der Waals surface area contributed by atoms with Gasteiger partial charge >= 0.3 is 0 Å². The van der Waals surface area contributed by atoms with Crippen molar-refractivity contribution in [3.8, 4) is 6.07 Å². The zero-order chi connectivity index (χ0) is 19.3. The van der Waals surface area contributed by atoms with Crippen LogP contribution in [0.5, 0.6) is 0 Å². The minimum atomic E-state index is -3.66. The third kappa shape index (κ3) is 4.94. The quantitative estimate of drug-likeness (QED) is 0.826. The molecule has 1 fully saturated rings. The number of benzene rings is 2. The smallest absolute Gasteiger partial charge is 0.255 e. The van der Waals surface area contributed by atoms with Gasteiger partial charge in [0.1, 0.15) is 0 Å². The van der Waals surface area contributed by atoms with Crippen LogP contribution in [0.25, 0.3) is 0 Å². The molecule has 0 aromatic heterocycles. The predicted octanol–water partition coefficient (Wildman–Crippen LogP) is 3.42. The lowest BCUT2D eigenvalue weighted by Crippen LogP contribution is -2.36. The molecule has 0 radical (unpaired) electrons. The maximum atomic E-state index is 12.6. The van der Waals surface area contributed by atoms with Crippen molar-refractivity contribution >= 4 is 21.6 Å². The van der Waals surface area contributed by atoms with Crippen molar-refractivity contribution < 1.29 is 13.2 Å². The molecule has 140 valence electrons. The first-order valence-electron chi connectivity index (χ1n) is 8.92. The summed E-state index contributed by atoms with van der Waals surface area (Å²) in [6.45, 7) is 0.